The van der Waals surface area contributed by atoms with Crippen LogP contribution in [0.2, 0.25) is 0 Å². The minimum absolute atomic E-state index is 0.0676. The lowest BCUT2D eigenvalue weighted by Gasteiger charge is -2.21. The van der Waals surface area contributed by atoms with Gasteiger partial charge in [0.05, 0.1) is 22.8 Å². The molecule has 6 rings (SSSR count). The lowest BCUT2D eigenvalue weighted by atomic mass is 9.82. The molecule has 0 amide bonds. The Morgan fingerprint density at radius 1 is 0.633 bits per heavy atom. The largest absolute Gasteiger partial charge is 0.255 e. The van der Waals surface area contributed by atoms with Gasteiger partial charge < -0.3 is 0 Å². The third-order valence-electron chi connectivity index (χ3n) is 6.99. The first-order chi connectivity index (χ1) is 14.4. The van der Waals surface area contributed by atoms with Crippen LogP contribution in [-0.4, -0.2) is 15.0 Å². The van der Waals surface area contributed by atoms with Crippen LogP contribution in [0.4, 0.5) is 0 Å². The van der Waals surface area contributed by atoms with Crippen LogP contribution in [0, 0.1) is 0 Å². The van der Waals surface area contributed by atoms with Crippen LogP contribution >= 0.6 is 0 Å². The van der Waals surface area contributed by atoms with Crippen LogP contribution in [0.15, 0.2) is 67.0 Å². The first-order valence-electron chi connectivity index (χ1n) is 10.5. The fourth-order valence-corrected chi connectivity index (χ4v) is 5.22. The number of pyridine rings is 3. The van der Waals surface area contributed by atoms with Gasteiger partial charge in [0.25, 0.3) is 0 Å². The van der Waals surface area contributed by atoms with E-state index in [-0.39, 0.29) is 10.8 Å². The topological polar surface area (TPSA) is 38.7 Å². The molecule has 0 fully saturated rings. The molecule has 2 aliphatic rings. The van der Waals surface area contributed by atoms with Gasteiger partial charge >= 0.3 is 0 Å². The molecule has 0 radical (unpaired) electrons. The van der Waals surface area contributed by atoms with E-state index in [1.807, 2.05) is 18.5 Å². The Kier molecular flexibility index (Phi) is 3.29. The quantitative estimate of drug-likeness (QED) is 0.392. The molecule has 0 aliphatic heterocycles. The van der Waals surface area contributed by atoms with Gasteiger partial charge in [0.2, 0.25) is 0 Å². The second-order valence-electron chi connectivity index (χ2n) is 9.41. The molecule has 0 N–H and O–H groups in total. The fraction of sp³-hybridized carbons (Fsp3) is 0.222. The van der Waals surface area contributed by atoms with Crippen molar-refractivity contribution in [3.05, 3.63) is 89.2 Å². The smallest absolute Gasteiger partial charge is 0.0937 e. The van der Waals surface area contributed by atoms with Crippen LogP contribution in [0.3, 0.4) is 0 Å². The molecule has 3 nitrogen and oxygen atoms in total. The SMILES string of the molecule is CC1(C)c2ccccc2-c2ncc(-c3ccc4c(n3)-c3ncccc3C4(C)C)cc21. The first kappa shape index (κ1) is 17.5. The molecule has 3 heteroatoms. The summed E-state index contributed by atoms with van der Waals surface area (Å²) in [7, 11) is 0. The highest BCUT2D eigenvalue weighted by molar-refractivity contribution is 5.81. The normalized spacial score (nSPS) is 16.5. The maximum atomic E-state index is 5.08. The molecule has 0 saturated carbocycles. The average molecular weight is 390 g/mol. The van der Waals surface area contributed by atoms with Gasteiger partial charge in [0.1, 0.15) is 0 Å². The Bertz CT molecular complexity index is 1350. The Labute approximate surface area is 176 Å². The third kappa shape index (κ3) is 2.12. The molecule has 4 aromatic rings. The summed E-state index contributed by atoms with van der Waals surface area (Å²) in [5.74, 6) is 0. The van der Waals surface area contributed by atoms with Crippen molar-refractivity contribution in [3.8, 4) is 33.9 Å². The summed E-state index contributed by atoms with van der Waals surface area (Å²) in [4.78, 5) is 14.6. The maximum Gasteiger partial charge on any atom is 0.0937 e. The molecule has 0 spiro atoms. The molecule has 0 atom stereocenters. The zero-order valence-corrected chi connectivity index (χ0v) is 17.7. The monoisotopic (exact) mass is 389 g/mol. The van der Waals surface area contributed by atoms with Gasteiger partial charge in [0, 0.05) is 34.4 Å². The van der Waals surface area contributed by atoms with E-state index >= 15 is 0 Å². The van der Waals surface area contributed by atoms with Crippen LogP contribution in [0.5, 0.6) is 0 Å². The zero-order chi connectivity index (χ0) is 20.7. The van der Waals surface area contributed by atoms with E-state index in [4.69, 9.17) is 9.97 Å². The lowest BCUT2D eigenvalue weighted by Crippen LogP contribution is -2.15. The summed E-state index contributed by atoms with van der Waals surface area (Å²) in [6.45, 7) is 9.05. The number of hydrogen-bond acceptors (Lipinski definition) is 3. The van der Waals surface area contributed by atoms with E-state index in [1.54, 1.807) is 0 Å². The zero-order valence-electron chi connectivity index (χ0n) is 17.7. The summed E-state index contributed by atoms with van der Waals surface area (Å²) in [6.07, 6.45) is 3.82. The minimum Gasteiger partial charge on any atom is -0.255 e. The van der Waals surface area contributed by atoms with Crippen LogP contribution < -0.4 is 0 Å². The number of aromatic nitrogens is 3. The predicted octanol–water partition coefficient (Wildman–Crippen LogP) is 6.15. The van der Waals surface area contributed by atoms with Crippen LogP contribution in [0.1, 0.15) is 49.9 Å². The minimum atomic E-state index is -0.0791. The average Bonchev–Trinajstić information content (AvgIpc) is 3.14. The van der Waals surface area contributed by atoms with E-state index < -0.39 is 0 Å². The van der Waals surface area contributed by atoms with Crippen molar-refractivity contribution in [2.75, 3.05) is 0 Å². The Balaban J connectivity index is 1.52. The number of rotatable bonds is 1. The second-order valence-corrected chi connectivity index (χ2v) is 9.41. The van der Waals surface area contributed by atoms with Crippen molar-refractivity contribution in [3.63, 3.8) is 0 Å². The second kappa shape index (κ2) is 5.63. The summed E-state index contributed by atoms with van der Waals surface area (Å²) in [5, 5.41) is 0. The predicted molar refractivity (Wildman–Crippen MR) is 120 cm³/mol. The molecule has 30 heavy (non-hydrogen) atoms. The van der Waals surface area contributed by atoms with E-state index in [0.29, 0.717) is 0 Å². The third-order valence-corrected chi connectivity index (χ3v) is 6.99. The van der Waals surface area contributed by atoms with Gasteiger partial charge in [-0.2, -0.15) is 0 Å². The van der Waals surface area contributed by atoms with Crippen molar-refractivity contribution in [2.45, 2.75) is 38.5 Å². The highest BCUT2D eigenvalue weighted by Gasteiger charge is 2.38. The van der Waals surface area contributed by atoms with Gasteiger partial charge in [-0.05, 0) is 40.5 Å². The number of hydrogen-bond donors (Lipinski definition) is 0. The van der Waals surface area contributed by atoms with E-state index in [2.05, 4.69) is 81.2 Å². The molecule has 0 bridgehead atoms. The maximum absolute atomic E-state index is 5.08. The molecule has 1 aromatic carbocycles. The molecule has 146 valence electrons. The summed E-state index contributed by atoms with van der Waals surface area (Å²) in [6, 6.07) is 19.4. The van der Waals surface area contributed by atoms with Crippen molar-refractivity contribution in [1.29, 1.82) is 0 Å². The molecular formula is C27H23N3. The van der Waals surface area contributed by atoms with Gasteiger partial charge in [-0.15, -0.1) is 0 Å². The van der Waals surface area contributed by atoms with Crippen molar-refractivity contribution < 1.29 is 0 Å². The van der Waals surface area contributed by atoms with E-state index in [0.717, 1.165) is 28.3 Å². The highest BCUT2D eigenvalue weighted by Crippen LogP contribution is 2.49. The first-order valence-corrected chi connectivity index (χ1v) is 10.5. The molecule has 0 saturated heterocycles. The number of nitrogens with zero attached hydrogens (tertiary/aromatic N) is 3. The molecule has 3 heterocycles. The Hall–Kier alpha value is -3.33. The Morgan fingerprint density at radius 2 is 1.37 bits per heavy atom. The lowest BCUT2D eigenvalue weighted by molar-refractivity contribution is 0.657. The van der Waals surface area contributed by atoms with E-state index in [9.17, 15) is 0 Å². The van der Waals surface area contributed by atoms with Crippen molar-refractivity contribution >= 4 is 0 Å². The summed E-state index contributed by atoms with van der Waals surface area (Å²) < 4.78 is 0. The van der Waals surface area contributed by atoms with E-state index in [1.165, 1.54) is 27.8 Å². The Morgan fingerprint density at radius 3 is 2.23 bits per heavy atom. The summed E-state index contributed by atoms with van der Waals surface area (Å²) in [5.41, 5.74) is 11.3. The molecular weight excluding hydrogens is 366 g/mol. The number of benzene rings is 1. The molecule has 3 aromatic heterocycles. The van der Waals surface area contributed by atoms with Gasteiger partial charge in [-0.3, -0.25) is 9.97 Å². The van der Waals surface area contributed by atoms with Gasteiger partial charge in [0.15, 0.2) is 0 Å². The number of fused-ring (bicyclic) bond motifs is 6. The standard InChI is InChI=1S/C27H23N3/c1-26(2)18-9-6-5-8-17(18)23-21(26)14-16(15-29-23)22-12-11-20-25(30-22)24-19(27(20,3)4)10-7-13-28-24/h5-15H,1-4H3. The van der Waals surface area contributed by atoms with Crippen LogP contribution in [0.25, 0.3) is 33.9 Å². The molecule has 0 unspecified atom stereocenters. The molecule has 2 aliphatic carbocycles. The highest BCUT2D eigenvalue weighted by atomic mass is 14.8. The van der Waals surface area contributed by atoms with Crippen molar-refractivity contribution in [1.82, 2.24) is 15.0 Å². The van der Waals surface area contributed by atoms with Gasteiger partial charge in [-0.1, -0.05) is 64.1 Å². The summed E-state index contributed by atoms with van der Waals surface area (Å²) >= 11 is 0. The van der Waals surface area contributed by atoms with Gasteiger partial charge in [-0.25, -0.2) is 4.98 Å². The van der Waals surface area contributed by atoms with Crippen LogP contribution in [-0.2, 0) is 10.8 Å². The fourth-order valence-electron chi connectivity index (χ4n) is 5.22. The van der Waals surface area contributed by atoms with Crippen molar-refractivity contribution in [2.24, 2.45) is 0 Å².